The van der Waals surface area contributed by atoms with Crippen molar-refractivity contribution in [2.24, 2.45) is 0 Å². The van der Waals surface area contributed by atoms with Gasteiger partial charge in [0.1, 0.15) is 17.1 Å². The minimum atomic E-state index is -1.41. The van der Waals surface area contributed by atoms with Crippen molar-refractivity contribution in [1.82, 2.24) is 9.47 Å². The predicted octanol–water partition coefficient (Wildman–Crippen LogP) is 2.08. The van der Waals surface area contributed by atoms with Crippen LogP contribution in [-0.2, 0) is 4.74 Å². The van der Waals surface area contributed by atoms with E-state index in [9.17, 15) is 19.1 Å². The molecule has 2 aromatic rings. The summed E-state index contributed by atoms with van der Waals surface area (Å²) in [6.07, 6.45) is 2.49. The van der Waals surface area contributed by atoms with Gasteiger partial charge in [0.25, 0.3) is 0 Å². The molecule has 2 heterocycles. The van der Waals surface area contributed by atoms with Crippen molar-refractivity contribution >= 4 is 22.6 Å². The molecule has 7 nitrogen and oxygen atoms in total. The maximum Gasteiger partial charge on any atom is 0.341 e. The molecule has 1 aromatic carbocycles. The van der Waals surface area contributed by atoms with Crippen LogP contribution < -0.4 is 10.3 Å². The fraction of sp³-hybridized carbons (Fsp3) is 0.500. The number of anilines is 1. The zero-order chi connectivity index (χ0) is 20.9. The van der Waals surface area contributed by atoms with Crippen LogP contribution in [0.15, 0.2) is 17.1 Å². The molecule has 29 heavy (non-hydrogen) atoms. The Morgan fingerprint density at radius 2 is 2.07 bits per heavy atom. The number of morpholine rings is 1. The molecular formula is C20H23F2N3O4. The van der Waals surface area contributed by atoms with Gasteiger partial charge in [-0.15, -0.1) is 0 Å². The Balaban J connectivity index is 1.86. The number of likely N-dealkylation sites (N-methyl/N-ethyl adjacent to an activating group) is 1. The third kappa shape index (κ3) is 3.60. The third-order valence-corrected chi connectivity index (χ3v) is 5.38. The predicted molar refractivity (Wildman–Crippen MR) is 104 cm³/mol. The Bertz CT molecular complexity index is 1030. The van der Waals surface area contributed by atoms with Crippen LogP contribution in [0.4, 0.5) is 14.5 Å². The summed E-state index contributed by atoms with van der Waals surface area (Å²) < 4.78 is 37.8. The van der Waals surface area contributed by atoms with Gasteiger partial charge in [-0.2, -0.15) is 0 Å². The maximum absolute atomic E-state index is 15.6. The van der Waals surface area contributed by atoms with E-state index in [2.05, 4.69) is 0 Å². The molecule has 1 saturated carbocycles. The van der Waals surface area contributed by atoms with Gasteiger partial charge in [0.15, 0.2) is 5.82 Å². The smallest absolute Gasteiger partial charge is 0.341 e. The first kappa shape index (κ1) is 19.8. The van der Waals surface area contributed by atoms with Crippen molar-refractivity contribution in [1.29, 1.82) is 0 Å². The van der Waals surface area contributed by atoms with Crippen molar-refractivity contribution in [3.63, 3.8) is 0 Å². The van der Waals surface area contributed by atoms with Crippen LogP contribution >= 0.6 is 0 Å². The van der Waals surface area contributed by atoms with E-state index >= 15 is 4.39 Å². The lowest BCUT2D eigenvalue weighted by atomic mass is 10.1. The van der Waals surface area contributed by atoms with E-state index in [1.807, 2.05) is 19.0 Å². The van der Waals surface area contributed by atoms with Gasteiger partial charge in [-0.3, -0.25) is 4.79 Å². The Morgan fingerprint density at radius 3 is 2.69 bits per heavy atom. The number of nitrogens with zero attached hydrogens (tertiary/aromatic N) is 3. The summed E-state index contributed by atoms with van der Waals surface area (Å²) in [5, 5.41) is 9.08. The van der Waals surface area contributed by atoms with Crippen molar-refractivity contribution in [3.05, 3.63) is 39.7 Å². The molecule has 0 spiro atoms. The fourth-order valence-electron chi connectivity index (χ4n) is 3.95. The van der Waals surface area contributed by atoms with E-state index in [4.69, 9.17) is 4.74 Å². The number of carbonyl (C=O) groups is 1. The third-order valence-electron chi connectivity index (χ3n) is 5.38. The van der Waals surface area contributed by atoms with Crippen molar-refractivity contribution in [3.8, 4) is 0 Å². The fourth-order valence-corrected chi connectivity index (χ4v) is 3.95. The SMILES string of the molecule is CN(C)CC1CN(c2c(F)cc3c(=O)c(C(=O)O)cn(C4CC4)c3c2F)CCO1. The molecule has 4 rings (SSSR count). The van der Waals surface area contributed by atoms with Crippen LogP contribution in [0.25, 0.3) is 10.9 Å². The average Bonchev–Trinajstić information content (AvgIpc) is 3.47. The number of ether oxygens (including phenoxy) is 1. The van der Waals surface area contributed by atoms with E-state index in [1.54, 1.807) is 4.90 Å². The second-order valence-corrected chi connectivity index (χ2v) is 7.93. The molecule has 1 aliphatic heterocycles. The van der Waals surface area contributed by atoms with Gasteiger partial charge >= 0.3 is 5.97 Å². The Morgan fingerprint density at radius 1 is 1.34 bits per heavy atom. The highest BCUT2D eigenvalue weighted by Crippen LogP contribution is 2.39. The summed E-state index contributed by atoms with van der Waals surface area (Å²) in [4.78, 5) is 27.6. The molecule has 2 aliphatic rings. The highest BCUT2D eigenvalue weighted by molar-refractivity contribution is 5.94. The number of aromatic nitrogens is 1. The topological polar surface area (TPSA) is 75.0 Å². The Labute approximate surface area is 166 Å². The highest BCUT2D eigenvalue weighted by Gasteiger charge is 2.32. The summed E-state index contributed by atoms with van der Waals surface area (Å²) in [6.45, 7) is 1.59. The zero-order valence-electron chi connectivity index (χ0n) is 16.3. The minimum Gasteiger partial charge on any atom is -0.477 e. The van der Waals surface area contributed by atoms with Crippen LogP contribution in [-0.4, -0.2) is 67.0 Å². The molecule has 1 saturated heterocycles. The first-order valence-corrected chi connectivity index (χ1v) is 9.59. The lowest BCUT2D eigenvalue weighted by Crippen LogP contribution is -2.47. The van der Waals surface area contributed by atoms with Gasteiger partial charge in [-0.05, 0) is 33.0 Å². The van der Waals surface area contributed by atoms with Crippen LogP contribution in [0.1, 0.15) is 29.2 Å². The second-order valence-electron chi connectivity index (χ2n) is 7.93. The zero-order valence-corrected chi connectivity index (χ0v) is 16.3. The van der Waals surface area contributed by atoms with E-state index in [1.165, 1.54) is 10.8 Å². The Kier molecular flexibility index (Phi) is 5.04. The lowest BCUT2D eigenvalue weighted by Gasteiger charge is -2.36. The quantitative estimate of drug-likeness (QED) is 0.818. The standard InChI is InChI=1S/C20H23F2N3O4/c1-23(2)8-12-9-24(5-6-29-12)18-15(21)7-13-17(16(18)22)25(11-3-4-11)10-14(19(13)26)20(27)28/h7,10-12H,3-6,8-9H2,1-2H3,(H,27,28). The van der Waals surface area contributed by atoms with E-state index in [0.29, 0.717) is 26.2 Å². The van der Waals surface area contributed by atoms with Gasteiger partial charge in [0.2, 0.25) is 5.43 Å². The molecule has 1 N–H and O–H groups in total. The average molecular weight is 407 g/mol. The first-order chi connectivity index (χ1) is 13.8. The van der Waals surface area contributed by atoms with E-state index < -0.39 is 28.6 Å². The van der Waals surface area contributed by atoms with E-state index in [-0.39, 0.29) is 28.7 Å². The molecule has 1 aromatic heterocycles. The Hall–Kier alpha value is -2.52. The largest absolute Gasteiger partial charge is 0.477 e. The number of rotatable bonds is 5. The maximum atomic E-state index is 15.6. The molecular weight excluding hydrogens is 384 g/mol. The lowest BCUT2D eigenvalue weighted by molar-refractivity contribution is 0.0244. The van der Waals surface area contributed by atoms with Crippen LogP contribution in [0.2, 0.25) is 0 Å². The number of hydrogen-bond acceptors (Lipinski definition) is 5. The molecule has 9 heteroatoms. The highest BCUT2D eigenvalue weighted by atomic mass is 19.1. The van der Waals surface area contributed by atoms with Crippen molar-refractivity contribution in [2.45, 2.75) is 25.0 Å². The number of carboxylic acids is 1. The normalized spacial score (nSPS) is 19.9. The molecule has 0 amide bonds. The second kappa shape index (κ2) is 7.38. The molecule has 1 unspecified atom stereocenters. The van der Waals surface area contributed by atoms with Gasteiger partial charge in [0.05, 0.1) is 23.6 Å². The molecule has 2 fully saturated rings. The molecule has 0 bridgehead atoms. The van der Waals surface area contributed by atoms with Crippen LogP contribution in [0.5, 0.6) is 0 Å². The first-order valence-electron chi connectivity index (χ1n) is 9.59. The van der Waals surface area contributed by atoms with Gasteiger partial charge in [-0.25, -0.2) is 13.6 Å². The van der Waals surface area contributed by atoms with Crippen molar-refractivity contribution < 1.29 is 23.4 Å². The van der Waals surface area contributed by atoms with E-state index in [0.717, 1.165) is 18.9 Å². The number of fused-ring (bicyclic) bond motifs is 1. The molecule has 1 atom stereocenters. The monoisotopic (exact) mass is 407 g/mol. The summed E-state index contributed by atoms with van der Waals surface area (Å²) in [6, 6.07) is 0.882. The summed E-state index contributed by atoms with van der Waals surface area (Å²) in [5.41, 5.74) is -1.58. The summed E-state index contributed by atoms with van der Waals surface area (Å²) in [5.74, 6) is -3.11. The number of halogens is 2. The van der Waals surface area contributed by atoms with Gasteiger partial charge < -0.3 is 24.2 Å². The number of pyridine rings is 1. The number of hydrogen-bond donors (Lipinski definition) is 1. The summed E-state index contributed by atoms with van der Waals surface area (Å²) >= 11 is 0. The number of carboxylic acid groups (broad SMARTS) is 1. The van der Waals surface area contributed by atoms with Crippen LogP contribution in [0, 0.1) is 11.6 Å². The van der Waals surface area contributed by atoms with Gasteiger partial charge in [-0.1, -0.05) is 0 Å². The molecule has 156 valence electrons. The van der Waals surface area contributed by atoms with Crippen LogP contribution in [0.3, 0.4) is 0 Å². The van der Waals surface area contributed by atoms with Gasteiger partial charge in [0, 0.05) is 31.9 Å². The molecule has 0 radical (unpaired) electrons. The minimum absolute atomic E-state index is 0.0328. The number of benzene rings is 1. The summed E-state index contributed by atoms with van der Waals surface area (Å²) in [7, 11) is 3.79. The van der Waals surface area contributed by atoms with Crippen molar-refractivity contribution in [2.75, 3.05) is 45.2 Å². The number of aromatic carboxylic acids is 1. The molecule has 1 aliphatic carbocycles.